The number of fused-ring (bicyclic) bond motifs is 1. The molecule has 2 heterocycles. The lowest BCUT2D eigenvalue weighted by Crippen LogP contribution is -2.22. The van der Waals surface area contributed by atoms with Crippen LogP contribution in [0.15, 0.2) is 53.5 Å². The minimum Gasteiger partial charge on any atom is -0.267 e. The molecule has 96 valence electrons. The largest absolute Gasteiger partial charge is 0.276 e. The van der Waals surface area contributed by atoms with Crippen LogP contribution in [0.25, 0.3) is 16.7 Å². The fourth-order valence-corrected chi connectivity index (χ4v) is 2.37. The van der Waals surface area contributed by atoms with E-state index in [0.29, 0.717) is 16.7 Å². The molecule has 0 fully saturated rings. The fraction of sp³-hybridized carbons (Fsp3) is 0. The zero-order chi connectivity index (χ0) is 14.1. The quantitative estimate of drug-likeness (QED) is 0.689. The highest BCUT2D eigenvalue weighted by Gasteiger charge is 2.16. The molecule has 0 unspecified atom stereocenters. The van der Waals surface area contributed by atoms with Gasteiger partial charge in [-0.05, 0) is 24.3 Å². The lowest BCUT2D eigenvalue weighted by atomic mass is 10.2. The van der Waals surface area contributed by atoms with Gasteiger partial charge in [-0.2, -0.15) is 5.26 Å². The molecule has 0 spiro atoms. The Morgan fingerprint density at radius 2 is 1.90 bits per heavy atom. The molecule has 0 radical (unpaired) electrons. The predicted molar refractivity (Wildman–Crippen MR) is 77.1 cm³/mol. The Labute approximate surface area is 119 Å². The van der Waals surface area contributed by atoms with Gasteiger partial charge in [-0.3, -0.25) is 9.36 Å². The van der Waals surface area contributed by atoms with Crippen molar-refractivity contribution in [3.05, 3.63) is 69.6 Å². The summed E-state index contributed by atoms with van der Waals surface area (Å²) in [6, 6.07) is 14.4. The first kappa shape index (κ1) is 12.4. The second-order valence-corrected chi connectivity index (χ2v) is 4.53. The van der Waals surface area contributed by atoms with Crippen LogP contribution in [0.4, 0.5) is 0 Å². The molecule has 3 aromatic rings. The summed E-state index contributed by atoms with van der Waals surface area (Å²) >= 11 is 6.13. The van der Waals surface area contributed by atoms with Gasteiger partial charge in [0, 0.05) is 11.6 Å². The smallest absolute Gasteiger partial charge is 0.267 e. The van der Waals surface area contributed by atoms with Gasteiger partial charge in [-0.25, -0.2) is 4.98 Å². The summed E-state index contributed by atoms with van der Waals surface area (Å²) in [7, 11) is 0. The molecule has 3 rings (SSSR count). The summed E-state index contributed by atoms with van der Waals surface area (Å²) in [4.78, 5) is 16.7. The monoisotopic (exact) mass is 281 g/mol. The highest BCUT2D eigenvalue weighted by atomic mass is 35.5. The van der Waals surface area contributed by atoms with Crippen molar-refractivity contribution < 1.29 is 0 Å². The van der Waals surface area contributed by atoms with Crippen LogP contribution in [0.5, 0.6) is 0 Å². The van der Waals surface area contributed by atoms with Crippen LogP contribution in [-0.2, 0) is 0 Å². The number of halogens is 1. The maximum atomic E-state index is 12.5. The maximum absolute atomic E-state index is 12.5. The third-order valence-corrected chi connectivity index (χ3v) is 3.39. The van der Waals surface area contributed by atoms with Gasteiger partial charge in [-0.15, -0.1) is 0 Å². The molecule has 0 aliphatic heterocycles. The van der Waals surface area contributed by atoms with Crippen LogP contribution >= 0.6 is 11.6 Å². The Balaban J connectivity index is 2.55. The van der Waals surface area contributed by atoms with E-state index in [0.717, 1.165) is 0 Å². The van der Waals surface area contributed by atoms with Crippen molar-refractivity contribution in [1.29, 1.82) is 5.26 Å². The van der Waals surface area contributed by atoms with Crippen molar-refractivity contribution >= 4 is 22.6 Å². The molecule has 0 bridgehead atoms. The van der Waals surface area contributed by atoms with E-state index < -0.39 is 5.56 Å². The van der Waals surface area contributed by atoms with E-state index in [1.807, 2.05) is 24.3 Å². The van der Waals surface area contributed by atoms with Crippen molar-refractivity contribution in [2.24, 2.45) is 0 Å². The van der Waals surface area contributed by atoms with E-state index in [1.54, 1.807) is 30.5 Å². The van der Waals surface area contributed by atoms with Gasteiger partial charge in [-0.1, -0.05) is 29.8 Å². The van der Waals surface area contributed by atoms with Crippen LogP contribution in [-0.4, -0.2) is 9.55 Å². The lowest BCUT2D eigenvalue weighted by Gasteiger charge is -2.11. The Morgan fingerprint density at radius 1 is 1.15 bits per heavy atom. The molecule has 0 saturated carbocycles. The van der Waals surface area contributed by atoms with E-state index in [4.69, 9.17) is 16.9 Å². The summed E-state index contributed by atoms with van der Waals surface area (Å²) in [6.07, 6.45) is 1.59. The molecule has 0 aliphatic rings. The van der Waals surface area contributed by atoms with E-state index in [9.17, 15) is 4.79 Å². The minimum absolute atomic E-state index is 0.0731. The van der Waals surface area contributed by atoms with Gasteiger partial charge >= 0.3 is 0 Å². The Hall–Kier alpha value is -2.64. The van der Waals surface area contributed by atoms with Crippen molar-refractivity contribution in [2.45, 2.75) is 0 Å². The molecular weight excluding hydrogens is 274 g/mol. The minimum atomic E-state index is -0.463. The van der Waals surface area contributed by atoms with Crippen LogP contribution in [0.3, 0.4) is 0 Å². The highest BCUT2D eigenvalue weighted by molar-refractivity contribution is 6.36. The van der Waals surface area contributed by atoms with Crippen LogP contribution in [0, 0.1) is 11.3 Å². The first-order valence-electron chi connectivity index (χ1n) is 5.89. The Morgan fingerprint density at radius 3 is 2.60 bits per heavy atom. The first-order chi connectivity index (χ1) is 9.74. The van der Waals surface area contributed by atoms with Crippen molar-refractivity contribution in [3.8, 4) is 11.8 Å². The molecule has 0 saturated heterocycles. The molecule has 1 aromatic carbocycles. The van der Waals surface area contributed by atoms with Crippen molar-refractivity contribution in [3.63, 3.8) is 0 Å². The summed E-state index contributed by atoms with van der Waals surface area (Å²) in [5, 5.41) is 9.89. The fourth-order valence-electron chi connectivity index (χ4n) is 2.10. The molecule has 2 aromatic heterocycles. The van der Waals surface area contributed by atoms with Crippen molar-refractivity contribution in [2.75, 3.05) is 0 Å². The normalized spacial score (nSPS) is 10.4. The third-order valence-electron chi connectivity index (χ3n) is 3.00. The highest BCUT2D eigenvalue weighted by Crippen LogP contribution is 2.24. The van der Waals surface area contributed by atoms with Gasteiger partial charge < -0.3 is 0 Å². The molecule has 0 N–H and O–H groups in total. The van der Waals surface area contributed by atoms with E-state index in [-0.39, 0.29) is 10.6 Å². The van der Waals surface area contributed by atoms with Crippen LogP contribution < -0.4 is 5.56 Å². The summed E-state index contributed by atoms with van der Waals surface area (Å²) in [6.45, 7) is 0. The van der Waals surface area contributed by atoms with Gasteiger partial charge in [0.05, 0.1) is 10.7 Å². The molecule has 20 heavy (non-hydrogen) atoms. The molecule has 4 nitrogen and oxygen atoms in total. The van der Waals surface area contributed by atoms with Gasteiger partial charge in [0.25, 0.3) is 5.56 Å². The maximum Gasteiger partial charge on any atom is 0.276 e. The molecule has 5 heteroatoms. The number of aromatic nitrogens is 2. The third kappa shape index (κ3) is 1.77. The zero-order valence-electron chi connectivity index (χ0n) is 10.2. The Bertz CT molecular complexity index is 895. The summed E-state index contributed by atoms with van der Waals surface area (Å²) < 4.78 is 1.40. The van der Waals surface area contributed by atoms with Crippen LogP contribution in [0.2, 0.25) is 5.02 Å². The topological polar surface area (TPSA) is 58.7 Å². The Kier molecular flexibility index (Phi) is 2.97. The second kappa shape index (κ2) is 4.80. The number of benzene rings is 1. The van der Waals surface area contributed by atoms with Gasteiger partial charge in [0.1, 0.15) is 17.3 Å². The second-order valence-electron chi connectivity index (χ2n) is 4.15. The average Bonchev–Trinajstić information content (AvgIpc) is 2.49. The van der Waals surface area contributed by atoms with Gasteiger partial charge in [0.15, 0.2) is 0 Å². The van der Waals surface area contributed by atoms with Crippen LogP contribution in [0.1, 0.15) is 5.56 Å². The number of hydrogen-bond donors (Lipinski definition) is 0. The number of pyridine rings is 2. The van der Waals surface area contributed by atoms with E-state index in [2.05, 4.69) is 4.98 Å². The zero-order valence-corrected chi connectivity index (χ0v) is 11.0. The number of nitrogens with zero attached hydrogens (tertiary/aromatic N) is 3. The molecule has 0 amide bonds. The number of hydrogen-bond acceptors (Lipinski definition) is 3. The standard InChI is InChI=1S/C15H8ClN3O/c16-13-11-7-4-8-18-14(11)19(15(20)12(13)9-17)10-5-2-1-3-6-10/h1-8H. The number of rotatable bonds is 1. The van der Waals surface area contributed by atoms with Gasteiger partial charge in [0.2, 0.25) is 0 Å². The first-order valence-corrected chi connectivity index (χ1v) is 6.26. The average molecular weight is 282 g/mol. The predicted octanol–water partition coefficient (Wildman–Crippen LogP) is 2.91. The molecule has 0 atom stereocenters. The summed E-state index contributed by atoms with van der Waals surface area (Å²) in [5.41, 5.74) is 0.549. The van der Waals surface area contributed by atoms with E-state index in [1.165, 1.54) is 4.57 Å². The number of para-hydroxylation sites is 1. The summed E-state index contributed by atoms with van der Waals surface area (Å²) in [5.74, 6) is 0. The lowest BCUT2D eigenvalue weighted by molar-refractivity contribution is 1.01. The van der Waals surface area contributed by atoms with Crippen molar-refractivity contribution in [1.82, 2.24) is 9.55 Å². The molecule has 0 aliphatic carbocycles. The molecular formula is C15H8ClN3O. The number of nitriles is 1. The van der Waals surface area contributed by atoms with E-state index >= 15 is 0 Å². The SMILES string of the molecule is N#Cc1c(Cl)c2cccnc2n(-c2ccccc2)c1=O.